The number of amides is 4. The number of unbranched alkanes of at least 4 members (excludes halogenated alkanes) is 1. The second-order valence-corrected chi connectivity index (χ2v) is 16.3. The summed E-state index contributed by atoms with van der Waals surface area (Å²) in [7, 11) is 3.18. The second kappa shape index (κ2) is 23.9. The molecule has 0 unspecified atom stereocenters. The number of likely N-dealkylation sites (tertiary alicyclic amines) is 2. The van der Waals surface area contributed by atoms with Crippen LogP contribution in [0.1, 0.15) is 75.6 Å². The van der Waals surface area contributed by atoms with Crippen LogP contribution in [0.15, 0.2) is 109 Å². The fraction of sp³-hybridized carbons (Fsp3) is 0.400. The molecule has 0 saturated carbocycles. The van der Waals surface area contributed by atoms with Crippen molar-refractivity contribution in [2.75, 3.05) is 40.4 Å². The Bertz CT molecular complexity index is 2120. The number of nitrogens with one attached hydrogen (secondary N) is 4. The first-order valence-electron chi connectivity index (χ1n) is 22.5. The predicted molar refractivity (Wildman–Crippen MR) is 245 cm³/mol. The Balaban J connectivity index is 1.05. The number of esters is 2. The molecule has 0 bridgehead atoms. The average Bonchev–Trinajstić information content (AvgIpc) is 4.05. The van der Waals surface area contributed by atoms with E-state index in [1.165, 1.54) is 0 Å². The third-order valence-electron chi connectivity index (χ3n) is 11.7. The van der Waals surface area contributed by atoms with Crippen LogP contribution in [0.25, 0.3) is 0 Å². The SMILES string of the molecule is CN[C@@H](C)C(=O)N[C@@H](C(=O)OCCCCOC(=O)[C@H](NC(=O)[C@H](C)NC)C(=O)N1CCC[C@H]1c1cccc(Oc2ccccc2)c1)C(=O)N1CCC[C@H]1c1cccc(Oc2ccccc2)c1. The van der Waals surface area contributed by atoms with E-state index in [1.807, 2.05) is 109 Å². The quantitative estimate of drug-likeness (QED) is 0.0477. The lowest BCUT2D eigenvalue weighted by Crippen LogP contribution is -2.56. The van der Waals surface area contributed by atoms with Gasteiger partial charge in [-0.1, -0.05) is 60.7 Å². The van der Waals surface area contributed by atoms with Gasteiger partial charge in [-0.05, 0) is 126 Å². The Labute approximate surface area is 385 Å². The number of para-hydroxylation sites is 2. The summed E-state index contributed by atoms with van der Waals surface area (Å²) in [5.41, 5.74) is 1.65. The van der Waals surface area contributed by atoms with Gasteiger partial charge in [0, 0.05) is 13.1 Å². The van der Waals surface area contributed by atoms with Gasteiger partial charge < -0.3 is 50.0 Å². The topological polar surface area (TPSA) is 194 Å². The van der Waals surface area contributed by atoms with Crippen molar-refractivity contribution in [3.63, 3.8) is 0 Å². The van der Waals surface area contributed by atoms with Gasteiger partial charge in [-0.3, -0.25) is 19.2 Å². The van der Waals surface area contributed by atoms with Gasteiger partial charge in [0.2, 0.25) is 23.9 Å². The zero-order chi connectivity index (χ0) is 47.0. The highest BCUT2D eigenvalue weighted by Crippen LogP contribution is 2.36. The summed E-state index contributed by atoms with van der Waals surface area (Å²) in [6.07, 6.45) is 3.09. The van der Waals surface area contributed by atoms with E-state index in [9.17, 15) is 28.8 Å². The molecule has 6 atom stereocenters. The maximum Gasteiger partial charge on any atom is 0.338 e. The van der Waals surface area contributed by atoms with Crippen molar-refractivity contribution < 1.29 is 47.7 Å². The first kappa shape index (κ1) is 48.7. The lowest BCUT2D eigenvalue weighted by molar-refractivity contribution is -0.157. The van der Waals surface area contributed by atoms with Gasteiger partial charge in [-0.25, -0.2) is 9.59 Å². The number of hydrogen-bond donors (Lipinski definition) is 4. The van der Waals surface area contributed by atoms with Crippen molar-refractivity contribution in [2.24, 2.45) is 0 Å². The number of nitrogens with zero attached hydrogens (tertiary/aromatic N) is 2. The third kappa shape index (κ3) is 12.9. The number of likely N-dealkylation sites (N-methyl/N-ethyl adjacent to an activating group) is 2. The van der Waals surface area contributed by atoms with E-state index in [1.54, 1.807) is 37.7 Å². The van der Waals surface area contributed by atoms with Crippen molar-refractivity contribution in [1.29, 1.82) is 0 Å². The summed E-state index contributed by atoms with van der Waals surface area (Å²) in [6.45, 7) is 3.65. The summed E-state index contributed by atoms with van der Waals surface area (Å²) >= 11 is 0. The van der Waals surface area contributed by atoms with E-state index in [-0.39, 0.29) is 38.1 Å². The predicted octanol–water partition coefficient (Wildman–Crippen LogP) is 5.35. The van der Waals surface area contributed by atoms with E-state index in [4.69, 9.17) is 18.9 Å². The van der Waals surface area contributed by atoms with Gasteiger partial charge in [0.05, 0.1) is 37.4 Å². The summed E-state index contributed by atoms with van der Waals surface area (Å²) in [4.78, 5) is 84.9. The molecule has 4 aromatic rings. The van der Waals surface area contributed by atoms with Crippen LogP contribution >= 0.6 is 0 Å². The summed E-state index contributed by atoms with van der Waals surface area (Å²) in [6, 6.07) is 28.2. The highest BCUT2D eigenvalue weighted by molar-refractivity contribution is 6.06. The number of carbonyl (C=O) groups is 6. The highest BCUT2D eigenvalue weighted by atomic mass is 16.5. The standard InChI is InChI=1S/C50H60N6O10/c1-33(51-3)45(57)53-43(47(59)55-27-15-25-41(55)35-17-13-23-39(31-35)65-37-19-7-5-8-20-37)49(61)63-29-11-12-30-64-50(62)44(54-46(58)34(2)52-4)48(60)56-28-16-26-42(56)36-18-14-24-40(32-36)66-38-21-9-6-10-22-38/h5-10,13-14,17-24,31-34,41-44,51-52H,11-12,15-16,25-30H2,1-4H3,(H,53,57)(H,54,58)/t33-,34-,41-,42-,43+,44+/m0/s1. The first-order chi connectivity index (χ1) is 32.0. The zero-order valence-electron chi connectivity index (χ0n) is 37.9. The molecule has 4 aromatic carbocycles. The lowest BCUT2D eigenvalue weighted by atomic mass is 10.0. The minimum atomic E-state index is -1.61. The van der Waals surface area contributed by atoms with E-state index in [0.717, 1.165) is 11.1 Å². The molecule has 2 fully saturated rings. The second-order valence-electron chi connectivity index (χ2n) is 16.3. The number of rotatable bonds is 21. The molecule has 0 aromatic heterocycles. The van der Waals surface area contributed by atoms with Crippen LogP contribution in [0, 0.1) is 0 Å². The van der Waals surface area contributed by atoms with Gasteiger partial charge in [0.1, 0.15) is 23.0 Å². The number of benzene rings is 4. The maximum atomic E-state index is 14.2. The Morgan fingerprint density at radius 2 is 0.924 bits per heavy atom. The zero-order valence-corrected chi connectivity index (χ0v) is 37.9. The lowest BCUT2D eigenvalue weighted by Gasteiger charge is -2.29. The molecule has 0 aliphatic carbocycles. The molecule has 2 saturated heterocycles. The molecule has 16 heteroatoms. The highest BCUT2D eigenvalue weighted by Gasteiger charge is 2.41. The van der Waals surface area contributed by atoms with Crippen molar-refractivity contribution in [3.8, 4) is 23.0 Å². The molecule has 2 heterocycles. The Morgan fingerprint density at radius 1 is 0.545 bits per heavy atom. The van der Waals surface area contributed by atoms with Gasteiger partial charge >= 0.3 is 11.9 Å². The van der Waals surface area contributed by atoms with E-state index < -0.39 is 59.7 Å². The Hall–Kier alpha value is -6.78. The average molecular weight is 905 g/mol. The number of hydrogen-bond acceptors (Lipinski definition) is 12. The molecular weight excluding hydrogens is 845 g/mol. The Morgan fingerprint density at radius 3 is 1.30 bits per heavy atom. The largest absolute Gasteiger partial charge is 0.464 e. The van der Waals surface area contributed by atoms with Crippen molar-refractivity contribution in [1.82, 2.24) is 31.1 Å². The molecule has 66 heavy (non-hydrogen) atoms. The van der Waals surface area contributed by atoms with Gasteiger partial charge in [-0.2, -0.15) is 0 Å². The van der Waals surface area contributed by atoms with Crippen molar-refractivity contribution >= 4 is 35.6 Å². The third-order valence-corrected chi connectivity index (χ3v) is 11.7. The monoisotopic (exact) mass is 904 g/mol. The van der Waals surface area contributed by atoms with Crippen molar-refractivity contribution in [2.45, 2.75) is 88.6 Å². The minimum Gasteiger partial charge on any atom is -0.464 e. The van der Waals surface area contributed by atoms with E-state index in [2.05, 4.69) is 21.3 Å². The van der Waals surface area contributed by atoms with Crippen LogP contribution in [-0.4, -0.2) is 110 Å². The van der Waals surface area contributed by atoms with Crippen LogP contribution in [0.5, 0.6) is 23.0 Å². The van der Waals surface area contributed by atoms with Crippen LogP contribution < -0.4 is 30.7 Å². The van der Waals surface area contributed by atoms with E-state index in [0.29, 0.717) is 61.8 Å². The molecule has 350 valence electrons. The fourth-order valence-corrected chi connectivity index (χ4v) is 7.86. The molecule has 16 nitrogen and oxygen atoms in total. The van der Waals surface area contributed by atoms with Crippen molar-refractivity contribution in [3.05, 3.63) is 120 Å². The molecule has 6 rings (SSSR count). The summed E-state index contributed by atoms with van der Waals surface area (Å²) in [5.74, 6) is -1.63. The first-order valence-corrected chi connectivity index (χ1v) is 22.5. The maximum absolute atomic E-state index is 14.2. The molecule has 4 amide bonds. The fourth-order valence-electron chi connectivity index (χ4n) is 7.86. The number of ether oxygens (including phenoxy) is 4. The van der Waals surface area contributed by atoms with Gasteiger partial charge in [0.15, 0.2) is 0 Å². The van der Waals surface area contributed by atoms with Crippen LogP contribution in [0.4, 0.5) is 0 Å². The van der Waals surface area contributed by atoms with Gasteiger partial charge in [0.25, 0.3) is 11.8 Å². The van der Waals surface area contributed by atoms with Crippen LogP contribution in [-0.2, 0) is 38.2 Å². The molecule has 0 spiro atoms. The van der Waals surface area contributed by atoms with Crippen LogP contribution in [0.3, 0.4) is 0 Å². The molecular formula is C50H60N6O10. The smallest absolute Gasteiger partial charge is 0.338 e. The molecule has 4 N–H and O–H groups in total. The summed E-state index contributed by atoms with van der Waals surface area (Å²) in [5, 5.41) is 10.8. The summed E-state index contributed by atoms with van der Waals surface area (Å²) < 4.78 is 23.2. The Kier molecular flexibility index (Phi) is 17.7. The molecule has 2 aliphatic heterocycles. The molecule has 2 aliphatic rings. The number of carbonyl (C=O) groups excluding carboxylic acids is 6. The normalized spacial score (nSPS) is 17.5. The molecule has 0 radical (unpaired) electrons. The van der Waals surface area contributed by atoms with E-state index >= 15 is 0 Å². The van der Waals surface area contributed by atoms with Gasteiger partial charge in [-0.15, -0.1) is 0 Å². The van der Waals surface area contributed by atoms with Crippen LogP contribution in [0.2, 0.25) is 0 Å². The minimum absolute atomic E-state index is 0.152.